The molecule has 23 heavy (non-hydrogen) atoms. The molecule has 0 radical (unpaired) electrons. The van der Waals surface area contributed by atoms with Crippen LogP contribution in [0.4, 0.5) is 0 Å². The van der Waals surface area contributed by atoms with Gasteiger partial charge in [-0.15, -0.1) is 0 Å². The predicted molar refractivity (Wildman–Crippen MR) is 99.7 cm³/mol. The molecule has 0 saturated heterocycles. The summed E-state index contributed by atoms with van der Waals surface area (Å²) in [5, 5.41) is 4.88. The van der Waals surface area contributed by atoms with Crippen LogP contribution in [0.15, 0.2) is 53.6 Å². The van der Waals surface area contributed by atoms with Crippen LogP contribution < -0.4 is 5.43 Å². The van der Waals surface area contributed by atoms with Crippen LogP contribution in [0, 0.1) is 0 Å². The number of hydrogen-bond donors (Lipinski definition) is 1. The fourth-order valence-corrected chi connectivity index (χ4v) is 3.10. The number of nitrogens with zero attached hydrogens (tertiary/aromatic N) is 1. The van der Waals surface area contributed by atoms with Gasteiger partial charge < -0.3 is 0 Å². The summed E-state index contributed by atoms with van der Waals surface area (Å²) in [5.41, 5.74) is 4.34. The van der Waals surface area contributed by atoms with Crippen molar-refractivity contribution >= 4 is 47.1 Å². The molecule has 6 heteroatoms. The van der Waals surface area contributed by atoms with Crippen LogP contribution in [0.2, 0.25) is 10.0 Å². The third-order valence-electron chi connectivity index (χ3n) is 2.99. The third kappa shape index (κ3) is 6.26. The Balaban J connectivity index is 1.70. The van der Waals surface area contributed by atoms with E-state index in [2.05, 4.69) is 22.7 Å². The zero-order valence-electron chi connectivity index (χ0n) is 12.3. The van der Waals surface area contributed by atoms with Gasteiger partial charge in [0.1, 0.15) is 0 Å². The molecular formula is C17H16Cl2N2OS. The van der Waals surface area contributed by atoms with Crippen molar-refractivity contribution in [1.82, 2.24) is 5.43 Å². The number of carbonyl (C=O) groups excluding carboxylic acids is 1. The molecule has 0 aliphatic rings. The lowest BCUT2D eigenvalue weighted by Gasteiger charge is -2.02. The van der Waals surface area contributed by atoms with Gasteiger partial charge in [-0.05, 0) is 29.9 Å². The molecule has 3 nitrogen and oxygen atoms in total. The molecule has 2 rings (SSSR count). The summed E-state index contributed by atoms with van der Waals surface area (Å²) in [7, 11) is 0. The summed E-state index contributed by atoms with van der Waals surface area (Å²) in [4.78, 5) is 11.7. The van der Waals surface area contributed by atoms with E-state index in [9.17, 15) is 4.79 Å². The molecule has 0 spiro atoms. The molecule has 0 unspecified atom stereocenters. The zero-order chi connectivity index (χ0) is 16.5. The molecule has 0 aliphatic carbocycles. The molecule has 0 aliphatic heterocycles. The van der Waals surface area contributed by atoms with E-state index in [0.29, 0.717) is 21.4 Å². The lowest BCUT2D eigenvalue weighted by molar-refractivity contribution is -0.118. The summed E-state index contributed by atoms with van der Waals surface area (Å²) in [6, 6.07) is 15.4. The first-order valence-corrected chi connectivity index (χ1v) is 8.95. The van der Waals surface area contributed by atoms with Crippen LogP contribution in [0.3, 0.4) is 0 Å². The molecule has 2 aromatic rings. The largest absolute Gasteiger partial charge is 0.272 e. The van der Waals surface area contributed by atoms with E-state index in [4.69, 9.17) is 23.2 Å². The maximum absolute atomic E-state index is 11.7. The Bertz CT molecular complexity index is 657. The number of hydrazone groups is 1. The van der Waals surface area contributed by atoms with Gasteiger partial charge in [0, 0.05) is 5.56 Å². The number of rotatable bonds is 7. The number of hydrogen-bond acceptors (Lipinski definition) is 3. The van der Waals surface area contributed by atoms with E-state index in [0.717, 1.165) is 12.2 Å². The Hall–Kier alpha value is -1.49. The van der Waals surface area contributed by atoms with E-state index in [1.807, 2.05) is 18.2 Å². The smallest absolute Gasteiger partial charge is 0.250 e. The van der Waals surface area contributed by atoms with E-state index >= 15 is 0 Å². The first-order chi connectivity index (χ1) is 11.2. The van der Waals surface area contributed by atoms with Crippen molar-refractivity contribution in [1.29, 1.82) is 0 Å². The van der Waals surface area contributed by atoms with Crippen LogP contribution in [0.25, 0.3) is 0 Å². The number of benzene rings is 2. The van der Waals surface area contributed by atoms with Gasteiger partial charge in [-0.1, -0.05) is 59.6 Å². The fourth-order valence-electron chi connectivity index (χ4n) is 1.83. The minimum Gasteiger partial charge on any atom is -0.272 e. The van der Waals surface area contributed by atoms with E-state index in [-0.39, 0.29) is 5.91 Å². The van der Waals surface area contributed by atoms with Gasteiger partial charge in [0.25, 0.3) is 0 Å². The highest BCUT2D eigenvalue weighted by molar-refractivity contribution is 7.99. The van der Waals surface area contributed by atoms with Gasteiger partial charge in [-0.3, -0.25) is 4.79 Å². The van der Waals surface area contributed by atoms with Crippen molar-refractivity contribution in [3.63, 3.8) is 0 Å². The van der Waals surface area contributed by atoms with Crippen molar-refractivity contribution in [3.05, 3.63) is 69.7 Å². The minimum atomic E-state index is -0.150. The number of aryl methyl sites for hydroxylation is 1. The second kappa shape index (κ2) is 9.60. The Labute approximate surface area is 150 Å². The molecule has 0 saturated carbocycles. The van der Waals surface area contributed by atoms with Crippen LogP contribution >= 0.6 is 35.0 Å². The molecule has 0 atom stereocenters. The Morgan fingerprint density at radius 2 is 1.78 bits per heavy atom. The second-order valence-corrected chi connectivity index (χ2v) is 6.64. The molecule has 0 heterocycles. The van der Waals surface area contributed by atoms with Crippen LogP contribution in [0.5, 0.6) is 0 Å². The van der Waals surface area contributed by atoms with Gasteiger partial charge in [0.05, 0.1) is 22.0 Å². The van der Waals surface area contributed by atoms with Crippen LogP contribution in [-0.2, 0) is 11.2 Å². The van der Waals surface area contributed by atoms with E-state index in [1.54, 1.807) is 30.0 Å². The van der Waals surface area contributed by atoms with Crippen molar-refractivity contribution in [2.24, 2.45) is 5.10 Å². The summed E-state index contributed by atoms with van der Waals surface area (Å²) in [6.45, 7) is 0. The first-order valence-electron chi connectivity index (χ1n) is 7.04. The summed E-state index contributed by atoms with van der Waals surface area (Å²) in [6.07, 6.45) is 2.40. The fraction of sp³-hybridized carbons (Fsp3) is 0.176. The monoisotopic (exact) mass is 366 g/mol. The van der Waals surface area contributed by atoms with Gasteiger partial charge >= 0.3 is 0 Å². The van der Waals surface area contributed by atoms with E-state index < -0.39 is 0 Å². The molecule has 0 aromatic heterocycles. The number of halogens is 2. The minimum absolute atomic E-state index is 0.150. The number of amides is 1. The lowest BCUT2D eigenvalue weighted by atomic mass is 10.2. The molecule has 1 amide bonds. The zero-order valence-corrected chi connectivity index (χ0v) is 14.7. The van der Waals surface area contributed by atoms with Crippen molar-refractivity contribution in [3.8, 4) is 0 Å². The van der Waals surface area contributed by atoms with Crippen molar-refractivity contribution in [2.75, 3.05) is 11.5 Å². The standard InChI is InChI=1S/C17H16Cl2N2OS/c18-15-7-4-8-16(19)14(15)11-20-21-17(22)12-23-10-9-13-5-2-1-3-6-13/h1-8,11H,9-10,12H2,(H,21,22)/b20-11+. The highest BCUT2D eigenvalue weighted by atomic mass is 35.5. The highest BCUT2D eigenvalue weighted by Crippen LogP contribution is 2.21. The normalized spacial score (nSPS) is 10.9. The van der Waals surface area contributed by atoms with Crippen LogP contribution in [0.1, 0.15) is 11.1 Å². The summed E-state index contributed by atoms with van der Waals surface area (Å²) >= 11 is 13.6. The maximum atomic E-state index is 11.7. The predicted octanol–water partition coefficient (Wildman–Crippen LogP) is 4.42. The van der Waals surface area contributed by atoms with Gasteiger partial charge in [0.15, 0.2) is 0 Å². The molecule has 2 aromatic carbocycles. The summed E-state index contributed by atoms with van der Waals surface area (Å²) in [5.74, 6) is 1.10. The third-order valence-corrected chi connectivity index (χ3v) is 4.61. The quantitative estimate of drug-likeness (QED) is 0.447. The topological polar surface area (TPSA) is 41.5 Å². The molecular weight excluding hydrogens is 351 g/mol. The van der Waals surface area contributed by atoms with Gasteiger partial charge in [0.2, 0.25) is 5.91 Å². The molecule has 0 fully saturated rings. The number of carbonyl (C=O) groups is 1. The highest BCUT2D eigenvalue weighted by Gasteiger charge is 2.03. The van der Waals surface area contributed by atoms with Crippen LogP contribution in [-0.4, -0.2) is 23.6 Å². The van der Waals surface area contributed by atoms with Crippen molar-refractivity contribution in [2.45, 2.75) is 6.42 Å². The maximum Gasteiger partial charge on any atom is 0.250 e. The molecule has 0 bridgehead atoms. The Morgan fingerprint density at radius 3 is 2.48 bits per heavy atom. The molecule has 120 valence electrons. The Morgan fingerprint density at radius 1 is 1.09 bits per heavy atom. The SMILES string of the molecule is O=C(CSCCc1ccccc1)N/N=C/c1c(Cl)cccc1Cl. The van der Waals surface area contributed by atoms with Crippen molar-refractivity contribution < 1.29 is 4.79 Å². The number of nitrogens with one attached hydrogen (secondary N) is 1. The second-order valence-electron chi connectivity index (χ2n) is 4.72. The van der Waals surface area contributed by atoms with Gasteiger partial charge in [-0.2, -0.15) is 16.9 Å². The van der Waals surface area contributed by atoms with E-state index in [1.165, 1.54) is 11.8 Å². The Kier molecular flexibility index (Phi) is 7.46. The molecule has 1 N–H and O–H groups in total. The van der Waals surface area contributed by atoms with Gasteiger partial charge in [-0.25, -0.2) is 5.43 Å². The number of thioether (sulfide) groups is 1. The average Bonchev–Trinajstić information content (AvgIpc) is 2.55. The lowest BCUT2D eigenvalue weighted by Crippen LogP contribution is -2.20. The first kappa shape index (κ1) is 17.9. The summed E-state index contributed by atoms with van der Waals surface area (Å²) < 4.78 is 0. The average molecular weight is 367 g/mol.